The molecular weight excluding hydrogens is 451 g/mol. The van der Waals surface area contributed by atoms with Crippen LogP contribution in [0.1, 0.15) is 40.2 Å². The minimum atomic E-state index is -1.28. The minimum absolute atomic E-state index is 0.0349. The number of rotatable bonds is 7. The molecule has 5 rings (SSSR count). The quantitative estimate of drug-likeness (QED) is 0.457. The number of fused-ring (bicyclic) bond motifs is 3. The van der Waals surface area contributed by atoms with Gasteiger partial charge in [-0.05, 0) is 53.3 Å². The molecule has 3 aromatic carbocycles. The van der Waals surface area contributed by atoms with Crippen LogP contribution in [0.2, 0.25) is 0 Å². The average Bonchev–Trinajstić information content (AvgIpc) is 3.58. The number of carbonyl (C=O) groups excluding carboxylic acids is 2. The van der Waals surface area contributed by atoms with Crippen molar-refractivity contribution in [2.24, 2.45) is 5.41 Å². The second-order valence-corrected chi connectivity index (χ2v) is 8.91. The zero-order valence-electron chi connectivity index (χ0n) is 18.7. The van der Waals surface area contributed by atoms with Gasteiger partial charge in [0.1, 0.15) is 12.4 Å². The molecule has 0 radical (unpaired) electrons. The third-order valence-electron chi connectivity index (χ3n) is 6.71. The monoisotopic (exact) mass is 474 g/mol. The fourth-order valence-electron chi connectivity index (χ4n) is 4.59. The van der Waals surface area contributed by atoms with E-state index in [0.717, 1.165) is 40.5 Å². The largest absolute Gasteiger partial charge is 0.478 e. The smallest absolute Gasteiger partial charge is 0.407 e. The molecule has 0 heterocycles. The molecule has 0 spiro atoms. The summed E-state index contributed by atoms with van der Waals surface area (Å²) in [6.45, 7) is 0.192. The van der Waals surface area contributed by atoms with Gasteiger partial charge in [-0.25, -0.2) is 14.0 Å². The van der Waals surface area contributed by atoms with E-state index in [1.807, 2.05) is 36.4 Å². The molecule has 8 heteroatoms. The highest BCUT2D eigenvalue weighted by atomic mass is 19.1. The van der Waals surface area contributed by atoms with E-state index in [9.17, 15) is 23.9 Å². The molecule has 2 aliphatic rings. The highest BCUT2D eigenvalue weighted by Crippen LogP contribution is 2.46. The van der Waals surface area contributed by atoms with Gasteiger partial charge in [-0.15, -0.1) is 0 Å². The third-order valence-corrected chi connectivity index (χ3v) is 6.71. The number of hydrogen-bond acceptors (Lipinski definition) is 4. The van der Waals surface area contributed by atoms with Crippen LogP contribution in [0.25, 0.3) is 11.1 Å². The second-order valence-electron chi connectivity index (χ2n) is 8.91. The van der Waals surface area contributed by atoms with Crippen molar-refractivity contribution in [3.8, 4) is 11.1 Å². The topological polar surface area (TPSA) is 105 Å². The van der Waals surface area contributed by atoms with Crippen molar-refractivity contribution < 1.29 is 28.6 Å². The van der Waals surface area contributed by atoms with Crippen LogP contribution in [0.4, 0.5) is 14.9 Å². The summed E-state index contributed by atoms with van der Waals surface area (Å²) in [5.41, 5.74) is 3.25. The molecular formula is C27H23FN2O5. The molecule has 0 bridgehead atoms. The Morgan fingerprint density at radius 1 is 0.971 bits per heavy atom. The van der Waals surface area contributed by atoms with E-state index < -0.39 is 29.2 Å². The molecule has 0 aromatic heterocycles. The average molecular weight is 474 g/mol. The number of carbonyl (C=O) groups is 3. The van der Waals surface area contributed by atoms with Crippen molar-refractivity contribution in [2.45, 2.75) is 18.8 Å². The lowest BCUT2D eigenvalue weighted by Gasteiger charge is -2.18. The first-order valence-electron chi connectivity index (χ1n) is 11.3. The van der Waals surface area contributed by atoms with Crippen LogP contribution in [-0.2, 0) is 9.53 Å². The van der Waals surface area contributed by atoms with E-state index in [-0.39, 0.29) is 30.3 Å². The van der Waals surface area contributed by atoms with Crippen LogP contribution in [0.3, 0.4) is 0 Å². The van der Waals surface area contributed by atoms with Gasteiger partial charge in [0.2, 0.25) is 5.91 Å². The maximum absolute atomic E-state index is 13.6. The summed E-state index contributed by atoms with van der Waals surface area (Å²) in [4.78, 5) is 36.7. The third kappa shape index (κ3) is 4.35. The molecule has 1 fully saturated rings. The van der Waals surface area contributed by atoms with E-state index in [4.69, 9.17) is 4.74 Å². The number of carboxylic acid groups (broad SMARTS) is 1. The van der Waals surface area contributed by atoms with Gasteiger partial charge >= 0.3 is 12.1 Å². The van der Waals surface area contributed by atoms with Gasteiger partial charge in [-0.3, -0.25) is 4.79 Å². The summed E-state index contributed by atoms with van der Waals surface area (Å²) in [5.74, 6) is -2.48. The van der Waals surface area contributed by atoms with E-state index in [0.29, 0.717) is 12.8 Å². The Labute approximate surface area is 200 Å². The number of ether oxygens (including phenoxy) is 1. The van der Waals surface area contributed by atoms with Crippen molar-refractivity contribution >= 4 is 23.7 Å². The molecule has 2 aliphatic carbocycles. The number of halogens is 1. The second kappa shape index (κ2) is 8.87. The number of benzene rings is 3. The molecule has 35 heavy (non-hydrogen) atoms. The summed E-state index contributed by atoms with van der Waals surface area (Å²) in [6.07, 6.45) is 0.392. The molecule has 1 saturated carbocycles. The zero-order chi connectivity index (χ0) is 24.6. The lowest BCUT2D eigenvalue weighted by molar-refractivity contribution is -0.120. The van der Waals surface area contributed by atoms with Crippen LogP contribution in [0.5, 0.6) is 0 Å². The standard InChI is InChI=1S/C27H23FN2O5/c28-16-9-10-21(24(31)32)23(13-16)30-25(33)27(11-12-27)15-29-26(34)35-14-22-19-7-3-1-5-17(19)18-6-2-4-8-20(18)22/h1-10,13,22H,11-12,14-15H2,(H,29,34)(H,30,33)(H,31,32). The summed E-state index contributed by atoms with van der Waals surface area (Å²) in [5, 5.41) is 14.5. The first kappa shape index (κ1) is 22.6. The fourth-order valence-corrected chi connectivity index (χ4v) is 4.59. The van der Waals surface area contributed by atoms with Gasteiger partial charge in [0, 0.05) is 12.5 Å². The Hall–Kier alpha value is -4.20. The molecule has 3 aromatic rings. The Morgan fingerprint density at radius 2 is 1.60 bits per heavy atom. The number of anilines is 1. The van der Waals surface area contributed by atoms with Crippen LogP contribution < -0.4 is 10.6 Å². The van der Waals surface area contributed by atoms with E-state index in [2.05, 4.69) is 22.8 Å². The Balaban J connectivity index is 1.20. The van der Waals surface area contributed by atoms with Gasteiger partial charge in [0.05, 0.1) is 16.7 Å². The molecule has 2 amide bonds. The van der Waals surface area contributed by atoms with Gasteiger partial charge in [0.25, 0.3) is 0 Å². The zero-order valence-corrected chi connectivity index (χ0v) is 18.7. The summed E-state index contributed by atoms with van der Waals surface area (Å²) in [6, 6.07) is 19.1. The Kier molecular flexibility index (Phi) is 5.72. The highest BCUT2D eigenvalue weighted by Gasteiger charge is 2.50. The highest BCUT2D eigenvalue weighted by molar-refractivity contribution is 6.03. The van der Waals surface area contributed by atoms with Gasteiger partial charge in [-0.1, -0.05) is 48.5 Å². The molecule has 0 aliphatic heterocycles. The molecule has 0 unspecified atom stereocenters. The number of carboxylic acids is 1. The number of aromatic carboxylic acids is 1. The molecule has 0 saturated heterocycles. The SMILES string of the molecule is O=C(NCC1(C(=O)Nc2cc(F)ccc2C(=O)O)CC1)OCC1c2ccccc2-c2ccccc21. The summed E-state index contributed by atoms with van der Waals surface area (Å²) < 4.78 is 19.1. The van der Waals surface area contributed by atoms with Crippen molar-refractivity contribution in [1.29, 1.82) is 0 Å². The number of amides is 2. The van der Waals surface area contributed by atoms with Crippen molar-refractivity contribution in [3.63, 3.8) is 0 Å². The van der Waals surface area contributed by atoms with Crippen LogP contribution in [0, 0.1) is 11.2 Å². The normalized spacial score (nSPS) is 15.0. The maximum atomic E-state index is 13.6. The van der Waals surface area contributed by atoms with Crippen LogP contribution in [0.15, 0.2) is 66.7 Å². The molecule has 0 atom stereocenters. The van der Waals surface area contributed by atoms with Crippen molar-refractivity contribution in [3.05, 3.63) is 89.2 Å². The summed E-state index contributed by atoms with van der Waals surface area (Å²) in [7, 11) is 0. The van der Waals surface area contributed by atoms with Crippen LogP contribution >= 0.6 is 0 Å². The minimum Gasteiger partial charge on any atom is -0.478 e. The first-order valence-corrected chi connectivity index (χ1v) is 11.3. The van der Waals surface area contributed by atoms with Gasteiger partial charge in [0.15, 0.2) is 0 Å². The van der Waals surface area contributed by atoms with Gasteiger partial charge < -0.3 is 20.5 Å². The lowest BCUT2D eigenvalue weighted by atomic mass is 9.98. The molecule has 7 nitrogen and oxygen atoms in total. The molecule has 3 N–H and O–H groups in total. The predicted molar refractivity (Wildman–Crippen MR) is 127 cm³/mol. The summed E-state index contributed by atoms with van der Waals surface area (Å²) >= 11 is 0. The Morgan fingerprint density at radius 3 is 2.20 bits per heavy atom. The van der Waals surface area contributed by atoms with Crippen molar-refractivity contribution in [2.75, 3.05) is 18.5 Å². The lowest BCUT2D eigenvalue weighted by Crippen LogP contribution is -2.38. The fraction of sp³-hybridized carbons (Fsp3) is 0.222. The van der Waals surface area contributed by atoms with E-state index in [1.165, 1.54) is 0 Å². The molecule has 178 valence electrons. The number of hydrogen-bond donors (Lipinski definition) is 3. The predicted octanol–water partition coefficient (Wildman–Crippen LogP) is 4.78. The van der Waals surface area contributed by atoms with Crippen molar-refractivity contribution in [1.82, 2.24) is 5.32 Å². The van der Waals surface area contributed by atoms with Gasteiger partial charge in [-0.2, -0.15) is 0 Å². The van der Waals surface area contributed by atoms with E-state index >= 15 is 0 Å². The first-order chi connectivity index (χ1) is 16.9. The maximum Gasteiger partial charge on any atom is 0.407 e. The Bertz CT molecular complexity index is 1290. The number of nitrogens with one attached hydrogen (secondary N) is 2. The number of alkyl carbamates (subject to hydrolysis) is 1. The van der Waals surface area contributed by atoms with E-state index in [1.54, 1.807) is 0 Å². The van der Waals surface area contributed by atoms with Crippen LogP contribution in [-0.4, -0.2) is 36.2 Å².